The molecule has 4 N–H and O–H groups in total. The number of rotatable bonds is 7. The Kier molecular flexibility index (Phi) is 6.24. The van der Waals surface area contributed by atoms with E-state index in [0.717, 1.165) is 60.6 Å². The number of guanidine groups is 1. The highest BCUT2D eigenvalue weighted by Gasteiger charge is 2.31. The molecular weight excluding hydrogens is 434 g/mol. The number of nitrogens with two attached hydrogens (primary N) is 2. The number of ether oxygens (including phenoxy) is 3. The summed E-state index contributed by atoms with van der Waals surface area (Å²) in [7, 11) is 0. The lowest BCUT2D eigenvalue weighted by Gasteiger charge is -2.18. The molecule has 0 amide bonds. The van der Waals surface area contributed by atoms with E-state index < -0.39 is 0 Å². The molecule has 1 atom stereocenters. The normalized spacial score (nSPS) is 17.1. The molecule has 0 radical (unpaired) electrons. The first kappa shape index (κ1) is 22.1. The van der Waals surface area contributed by atoms with Gasteiger partial charge in [-0.25, -0.2) is 0 Å². The van der Waals surface area contributed by atoms with Gasteiger partial charge in [-0.3, -0.25) is 16.0 Å². The molecule has 0 unspecified atom stereocenters. The van der Waals surface area contributed by atoms with Crippen LogP contribution in [0.5, 0.6) is 17.2 Å². The van der Waals surface area contributed by atoms with E-state index in [1.54, 1.807) is 0 Å². The molecule has 0 aliphatic carbocycles. The van der Waals surface area contributed by atoms with Crippen molar-refractivity contribution in [3.05, 3.63) is 53.4 Å². The van der Waals surface area contributed by atoms with Crippen molar-refractivity contribution in [2.24, 2.45) is 11.5 Å². The molecule has 2 aromatic carbocycles. The van der Waals surface area contributed by atoms with Crippen LogP contribution in [0.15, 0.2) is 40.9 Å². The van der Waals surface area contributed by atoms with Gasteiger partial charge in [0, 0.05) is 5.56 Å². The number of hydrogen-bond donors (Lipinski definition) is 2. The first-order chi connectivity index (χ1) is 16.6. The summed E-state index contributed by atoms with van der Waals surface area (Å²) < 4.78 is 24.7. The molecule has 9 nitrogen and oxygen atoms in total. The Morgan fingerprint density at radius 2 is 1.97 bits per heavy atom. The van der Waals surface area contributed by atoms with Crippen molar-refractivity contribution in [2.75, 3.05) is 26.4 Å². The van der Waals surface area contributed by atoms with Gasteiger partial charge in [-0.15, -0.1) is 0 Å². The van der Waals surface area contributed by atoms with E-state index >= 15 is 0 Å². The second-order valence-corrected chi connectivity index (χ2v) is 8.64. The van der Waals surface area contributed by atoms with E-state index in [9.17, 15) is 0 Å². The van der Waals surface area contributed by atoms with Gasteiger partial charge in [-0.2, -0.15) is 4.98 Å². The minimum Gasteiger partial charge on any atom is -0.493 e. The van der Waals surface area contributed by atoms with Crippen molar-refractivity contribution < 1.29 is 23.3 Å². The summed E-state index contributed by atoms with van der Waals surface area (Å²) >= 11 is 0. The molecule has 3 heterocycles. The minimum absolute atomic E-state index is 0.0656. The topological polar surface area (TPSA) is 122 Å². The molecule has 0 spiro atoms. The fourth-order valence-electron chi connectivity index (χ4n) is 4.47. The van der Waals surface area contributed by atoms with Crippen molar-refractivity contribution in [2.45, 2.75) is 38.6 Å². The molecule has 2 aliphatic heterocycles. The summed E-state index contributed by atoms with van der Waals surface area (Å²) in [5, 5.41) is 4.17. The second-order valence-electron chi connectivity index (χ2n) is 8.64. The number of aryl methyl sites for hydroxylation is 2. The predicted octanol–water partition coefficient (Wildman–Crippen LogP) is 2.95. The molecule has 178 valence electrons. The van der Waals surface area contributed by atoms with Gasteiger partial charge in [0.05, 0.1) is 13.2 Å². The number of fused-ring (bicyclic) bond motifs is 1. The summed E-state index contributed by atoms with van der Waals surface area (Å²) in [4.78, 5) is 4.60. The number of nitrogens with zero attached hydrogens (tertiary/aromatic N) is 3. The van der Waals surface area contributed by atoms with Crippen LogP contribution in [-0.2, 0) is 6.42 Å². The zero-order valence-electron chi connectivity index (χ0n) is 19.3. The molecule has 5 rings (SSSR count). The standard InChI is InChI=1S/C25H29N5O4/c1-16-14-18(23-28-24(34-29-23)19-5-2-10-30(19)25(26)27)7-9-20(16)31-11-3-4-17-6-8-21-22(15-17)33-13-12-32-21/h6-9,14-15,19H,2-5,10-13H2,1H3,(H3,26,27)/p+1/t19-/m0/s1. The molecule has 0 saturated carbocycles. The van der Waals surface area contributed by atoms with E-state index in [2.05, 4.69) is 22.3 Å². The smallest absolute Gasteiger partial charge is 0.341 e. The SMILES string of the molecule is Cc1cc(-c2noc([C@@H]3CCC[N+]3=C(N)N)n2)ccc1OCCCc1ccc2c(c1)OCCO2. The molecule has 0 bridgehead atoms. The molecule has 1 aromatic heterocycles. The first-order valence-corrected chi connectivity index (χ1v) is 11.7. The lowest BCUT2D eigenvalue weighted by atomic mass is 10.1. The number of hydrogen-bond acceptors (Lipinski definition) is 6. The minimum atomic E-state index is -0.0656. The molecule has 1 saturated heterocycles. The van der Waals surface area contributed by atoms with E-state index in [1.807, 2.05) is 35.8 Å². The highest BCUT2D eigenvalue weighted by Crippen LogP contribution is 2.32. The van der Waals surface area contributed by atoms with Crippen LogP contribution in [0.25, 0.3) is 11.4 Å². The highest BCUT2D eigenvalue weighted by atomic mass is 16.6. The summed E-state index contributed by atoms with van der Waals surface area (Å²) in [6.45, 7) is 4.64. The van der Waals surface area contributed by atoms with Gasteiger partial charge in [0.15, 0.2) is 17.5 Å². The fourth-order valence-corrected chi connectivity index (χ4v) is 4.47. The largest absolute Gasteiger partial charge is 0.493 e. The third-order valence-electron chi connectivity index (χ3n) is 6.22. The average molecular weight is 465 g/mol. The number of aromatic nitrogens is 2. The zero-order chi connectivity index (χ0) is 23.5. The van der Waals surface area contributed by atoms with Crippen LogP contribution in [0.1, 0.15) is 42.3 Å². The second kappa shape index (κ2) is 9.62. The number of benzene rings is 2. The molecule has 3 aromatic rings. The van der Waals surface area contributed by atoms with Gasteiger partial charge in [0.2, 0.25) is 5.82 Å². The maximum absolute atomic E-state index is 6.03. The molecule has 1 fully saturated rings. The van der Waals surface area contributed by atoms with Crippen LogP contribution in [0.4, 0.5) is 0 Å². The van der Waals surface area contributed by atoms with E-state index in [0.29, 0.717) is 31.5 Å². The van der Waals surface area contributed by atoms with Gasteiger partial charge in [-0.1, -0.05) is 11.2 Å². The van der Waals surface area contributed by atoms with Crippen LogP contribution >= 0.6 is 0 Å². The van der Waals surface area contributed by atoms with E-state index in [4.69, 9.17) is 30.2 Å². The Balaban J connectivity index is 1.18. The summed E-state index contributed by atoms with van der Waals surface area (Å²) in [6, 6.07) is 12.0. The fraction of sp³-hybridized carbons (Fsp3) is 0.400. The Morgan fingerprint density at radius 1 is 1.12 bits per heavy atom. The van der Waals surface area contributed by atoms with Crippen molar-refractivity contribution in [3.63, 3.8) is 0 Å². The summed E-state index contributed by atoms with van der Waals surface area (Å²) in [6.07, 6.45) is 3.67. The Hall–Kier alpha value is -3.75. The van der Waals surface area contributed by atoms with Gasteiger partial charge < -0.3 is 18.7 Å². The van der Waals surface area contributed by atoms with Crippen LogP contribution < -0.4 is 25.7 Å². The maximum atomic E-state index is 6.03. The Labute approximate surface area is 198 Å². The lowest BCUT2D eigenvalue weighted by Crippen LogP contribution is -2.35. The highest BCUT2D eigenvalue weighted by molar-refractivity contribution is 5.70. The average Bonchev–Trinajstić information content (AvgIpc) is 3.52. The maximum Gasteiger partial charge on any atom is 0.341 e. The van der Waals surface area contributed by atoms with Gasteiger partial charge in [-0.05, 0) is 74.1 Å². The van der Waals surface area contributed by atoms with Crippen molar-refractivity contribution in [1.82, 2.24) is 10.1 Å². The Bertz CT molecular complexity index is 1200. The predicted molar refractivity (Wildman–Crippen MR) is 126 cm³/mol. The van der Waals surface area contributed by atoms with Crippen molar-refractivity contribution >= 4 is 5.96 Å². The molecule has 2 aliphatic rings. The lowest BCUT2D eigenvalue weighted by molar-refractivity contribution is -0.555. The third kappa shape index (κ3) is 4.64. The van der Waals surface area contributed by atoms with E-state index in [1.165, 1.54) is 5.56 Å². The van der Waals surface area contributed by atoms with Gasteiger partial charge in [0.1, 0.15) is 19.0 Å². The molecule has 34 heavy (non-hydrogen) atoms. The first-order valence-electron chi connectivity index (χ1n) is 11.7. The summed E-state index contributed by atoms with van der Waals surface area (Å²) in [5.41, 5.74) is 14.7. The zero-order valence-corrected chi connectivity index (χ0v) is 19.3. The van der Waals surface area contributed by atoms with E-state index in [-0.39, 0.29) is 12.0 Å². The van der Waals surface area contributed by atoms with Crippen LogP contribution in [-0.4, -0.2) is 47.0 Å². The van der Waals surface area contributed by atoms with Gasteiger partial charge >= 0.3 is 5.96 Å². The monoisotopic (exact) mass is 464 g/mol. The quantitative estimate of drug-likeness (QED) is 0.311. The molecule has 9 heteroatoms. The van der Waals surface area contributed by atoms with Crippen molar-refractivity contribution in [3.8, 4) is 28.6 Å². The van der Waals surface area contributed by atoms with Crippen LogP contribution in [0, 0.1) is 6.92 Å². The van der Waals surface area contributed by atoms with Gasteiger partial charge in [0.25, 0.3) is 5.89 Å². The third-order valence-corrected chi connectivity index (χ3v) is 6.22. The Morgan fingerprint density at radius 3 is 2.79 bits per heavy atom. The molecular formula is C25H30N5O4+. The van der Waals surface area contributed by atoms with Crippen molar-refractivity contribution in [1.29, 1.82) is 0 Å². The van der Waals surface area contributed by atoms with Crippen LogP contribution in [0.2, 0.25) is 0 Å². The summed E-state index contributed by atoms with van der Waals surface area (Å²) in [5.74, 6) is 3.86. The van der Waals surface area contributed by atoms with Crippen LogP contribution in [0.3, 0.4) is 0 Å².